The van der Waals surface area contributed by atoms with E-state index in [4.69, 9.17) is 4.74 Å². The lowest BCUT2D eigenvalue weighted by Gasteiger charge is -2.01. The van der Waals surface area contributed by atoms with E-state index in [1.807, 2.05) is 31.2 Å². The molecule has 0 unspecified atom stereocenters. The number of amides is 1. The highest BCUT2D eigenvalue weighted by atomic mass is 16.5. The zero-order valence-electron chi connectivity index (χ0n) is 8.86. The van der Waals surface area contributed by atoms with Gasteiger partial charge in [-0.15, -0.1) is 0 Å². The second-order valence-electron chi connectivity index (χ2n) is 2.93. The van der Waals surface area contributed by atoms with E-state index in [1.54, 1.807) is 6.21 Å². The predicted octanol–water partition coefficient (Wildman–Crippen LogP) is 1.56. The molecule has 0 saturated heterocycles. The number of rotatable bonds is 4. The van der Waals surface area contributed by atoms with Gasteiger partial charge in [0.05, 0.1) is 12.8 Å². The van der Waals surface area contributed by atoms with Gasteiger partial charge in [-0.1, -0.05) is 0 Å². The Labute approximate surface area is 88.9 Å². The van der Waals surface area contributed by atoms with Crippen LogP contribution in [-0.4, -0.2) is 18.7 Å². The first-order valence-corrected chi connectivity index (χ1v) is 4.75. The summed E-state index contributed by atoms with van der Waals surface area (Å²) in [7, 11) is 0. The molecule has 0 atom stereocenters. The molecule has 1 N–H and O–H groups in total. The number of nitrogens with zero attached hydrogens (tertiary/aromatic N) is 1. The Balaban J connectivity index is 2.56. The second-order valence-corrected chi connectivity index (χ2v) is 2.93. The van der Waals surface area contributed by atoms with Gasteiger partial charge in [-0.25, -0.2) is 5.43 Å². The van der Waals surface area contributed by atoms with Crippen LogP contribution in [0.2, 0.25) is 0 Å². The molecule has 4 nitrogen and oxygen atoms in total. The van der Waals surface area contributed by atoms with E-state index in [2.05, 4.69) is 10.5 Å². The molecular formula is C11H14N2O2. The molecule has 0 saturated carbocycles. The van der Waals surface area contributed by atoms with Crippen LogP contribution < -0.4 is 10.2 Å². The van der Waals surface area contributed by atoms with Crippen LogP contribution in [0.1, 0.15) is 19.4 Å². The Kier molecular flexibility index (Phi) is 4.34. The fraction of sp³-hybridized carbons (Fsp3) is 0.273. The van der Waals surface area contributed by atoms with Crippen molar-refractivity contribution in [2.24, 2.45) is 5.10 Å². The molecule has 0 bridgehead atoms. The van der Waals surface area contributed by atoms with Gasteiger partial charge < -0.3 is 4.74 Å². The van der Waals surface area contributed by atoms with Crippen molar-refractivity contribution in [1.29, 1.82) is 0 Å². The number of hydrogen-bond acceptors (Lipinski definition) is 3. The van der Waals surface area contributed by atoms with Gasteiger partial charge >= 0.3 is 0 Å². The molecule has 0 aromatic heterocycles. The lowest BCUT2D eigenvalue weighted by molar-refractivity contribution is -0.118. The highest BCUT2D eigenvalue weighted by Gasteiger charge is 1.91. The average Bonchev–Trinajstić information content (AvgIpc) is 2.20. The van der Waals surface area contributed by atoms with E-state index in [-0.39, 0.29) is 5.91 Å². The van der Waals surface area contributed by atoms with Gasteiger partial charge in [0.25, 0.3) is 0 Å². The molecule has 1 aromatic carbocycles. The smallest absolute Gasteiger partial charge is 0.236 e. The van der Waals surface area contributed by atoms with Crippen LogP contribution in [-0.2, 0) is 4.79 Å². The van der Waals surface area contributed by atoms with Gasteiger partial charge in [-0.05, 0) is 36.8 Å². The zero-order chi connectivity index (χ0) is 11.1. The second kappa shape index (κ2) is 5.80. The summed E-state index contributed by atoms with van der Waals surface area (Å²) in [5.41, 5.74) is 3.24. The van der Waals surface area contributed by atoms with Crippen LogP contribution in [0.25, 0.3) is 0 Å². The molecule has 4 heteroatoms. The predicted molar refractivity (Wildman–Crippen MR) is 59.0 cm³/mol. The van der Waals surface area contributed by atoms with Crippen LogP contribution in [0.15, 0.2) is 29.4 Å². The summed E-state index contributed by atoms with van der Waals surface area (Å²) < 4.78 is 5.29. The normalized spacial score (nSPS) is 10.3. The standard InChI is InChI=1S/C11H14N2O2/c1-3-15-11-6-4-10(5-7-11)8-12-13-9(2)14/h4-8H,3H2,1-2H3,(H,13,14). The zero-order valence-corrected chi connectivity index (χ0v) is 8.86. The van der Waals surface area contributed by atoms with Crippen molar-refractivity contribution in [2.75, 3.05) is 6.61 Å². The highest BCUT2D eigenvalue weighted by molar-refractivity contribution is 5.81. The molecule has 1 amide bonds. The molecular weight excluding hydrogens is 192 g/mol. The number of benzene rings is 1. The van der Waals surface area contributed by atoms with Crippen molar-refractivity contribution >= 4 is 12.1 Å². The van der Waals surface area contributed by atoms with Crippen LogP contribution in [0, 0.1) is 0 Å². The molecule has 1 aromatic rings. The fourth-order valence-electron chi connectivity index (χ4n) is 1.01. The molecule has 0 aliphatic carbocycles. The van der Waals surface area contributed by atoms with E-state index < -0.39 is 0 Å². The number of carbonyl (C=O) groups excluding carboxylic acids is 1. The molecule has 0 heterocycles. The van der Waals surface area contributed by atoms with Gasteiger partial charge in [0.2, 0.25) is 5.91 Å². The minimum atomic E-state index is -0.183. The maximum atomic E-state index is 10.5. The van der Waals surface area contributed by atoms with E-state index in [1.165, 1.54) is 6.92 Å². The molecule has 0 aliphatic heterocycles. The van der Waals surface area contributed by atoms with Crippen molar-refractivity contribution < 1.29 is 9.53 Å². The molecule has 0 aliphatic rings. The third kappa shape index (κ3) is 4.26. The van der Waals surface area contributed by atoms with Crippen molar-refractivity contribution in [3.05, 3.63) is 29.8 Å². The SMILES string of the molecule is CCOc1ccc(C=NNC(C)=O)cc1. The fourth-order valence-corrected chi connectivity index (χ4v) is 1.01. The van der Waals surface area contributed by atoms with Gasteiger partial charge in [0.1, 0.15) is 5.75 Å². The lowest BCUT2D eigenvalue weighted by atomic mass is 10.2. The number of hydrogen-bond donors (Lipinski definition) is 1. The average molecular weight is 206 g/mol. The van der Waals surface area contributed by atoms with Gasteiger partial charge in [0.15, 0.2) is 0 Å². The van der Waals surface area contributed by atoms with Gasteiger partial charge in [0, 0.05) is 6.92 Å². The Morgan fingerprint density at radius 1 is 1.47 bits per heavy atom. The monoisotopic (exact) mass is 206 g/mol. The van der Waals surface area contributed by atoms with E-state index in [9.17, 15) is 4.79 Å². The lowest BCUT2D eigenvalue weighted by Crippen LogP contribution is -2.12. The third-order valence-corrected chi connectivity index (χ3v) is 1.63. The first kappa shape index (κ1) is 11.2. The summed E-state index contributed by atoms with van der Waals surface area (Å²) >= 11 is 0. The van der Waals surface area contributed by atoms with Crippen LogP contribution in [0.5, 0.6) is 5.75 Å². The summed E-state index contributed by atoms with van der Waals surface area (Å²) in [5, 5.41) is 3.75. The molecule has 1 rings (SSSR count). The Hall–Kier alpha value is -1.84. The summed E-state index contributed by atoms with van der Waals surface area (Å²) in [6.45, 7) is 4.00. The number of carbonyl (C=O) groups is 1. The Bertz CT molecular complexity index is 344. The van der Waals surface area contributed by atoms with Crippen LogP contribution >= 0.6 is 0 Å². The molecule has 15 heavy (non-hydrogen) atoms. The Morgan fingerprint density at radius 3 is 2.67 bits per heavy atom. The number of hydrazone groups is 1. The van der Waals surface area contributed by atoms with Crippen molar-refractivity contribution in [2.45, 2.75) is 13.8 Å². The topological polar surface area (TPSA) is 50.7 Å². The van der Waals surface area contributed by atoms with Crippen LogP contribution in [0.3, 0.4) is 0 Å². The van der Waals surface area contributed by atoms with Crippen molar-refractivity contribution in [1.82, 2.24) is 5.43 Å². The van der Waals surface area contributed by atoms with E-state index >= 15 is 0 Å². The van der Waals surface area contributed by atoms with Crippen molar-refractivity contribution in [3.63, 3.8) is 0 Å². The maximum Gasteiger partial charge on any atom is 0.236 e. The summed E-state index contributed by atoms with van der Waals surface area (Å²) in [6.07, 6.45) is 1.58. The minimum absolute atomic E-state index is 0.183. The summed E-state index contributed by atoms with van der Waals surface area (Å²) in [6, 6.07) is 7.46. The minimum Gasteiger partial charge on any atom is -0.494 e. The first-order valence-electron chi connectivity index (χ1n) is 4.75. The van der Waals surface area contributed by atoms with E-state index in [0.717, 1.165) is 11.3 Å². The maximum absolute atomic E-state index is 10.5. The number of nitrogens with one attached hydrogen (secondary N) is 1. The van der Waals surface area contributed by atoms with E-state index in [0.29, 0.717) is 6.61 Å². The first-order chi connectivity index (χ1) is 7.22. The van der Waals surface area contributed by atoms with Crippen molar-refractivity contribution in [3.8, 4) is 5.75 Å². The van der Waals surface area contributed by atoms with Gasteiger partial charge in [-0.2, -0.15) is 5.10 Å². The molecule has 0 radical (unpaired) electrons. The number of ether oxygens (including phenoxy) is 1. The summed E-state index contributed by atoms with van der Waals surface area (Å²) in [4.78, 5) is 10.5. The van der Waals surface area contributed by atoms with Crippen LogP contribution in [0.4, 0.5) is 0 Å². The molecule has 0 spiro atoms. The molecule has 0 fully saturated rings. The largest absolute Gasteiger partial charge is 0.494 e. The Morgan fingerprint density at radius 2 is 2.13 bits per heavy atom. The highest BCUT2D eigenvalue weighted by Crippen LogP contribution is 2.10. The third-order valence-electron chi connectivity index (χ3n) is 1.63. The molecule has 80 valence electrons. The summed E-state index contributed by atoms with van der Waals surface area (Å²) in [5.74, 6) is 0.645. The quantitative estimate of drug-likeness (QED) is 0.600. The van der Waals surface area contributed by atoms with Gasteiger partial charge in [-0.3, -0.25) is 4.79 Å².